The smallest absolute Gasteiger partial charge is 0.261 e. The van der Waals surface area contributed by atoms with Crippen molar-refractivity contribution in [3.8, 4) is 0 Å². The topological polar surface area (TPSA) is 113 Å². The van der Waals surface area contributed by atoms with E-state index in [2.05, 4.69) is 10.0 Å². The molecule has 1 amide bonds. The zero-order valence-electron chi connectivity index (χ0n) is 19.3. The molecular weight excluding hydrogens is 474 g/mol. The summed E-state index contributed by atoms with van der Waals surface area (Å²) in [7, 11) is -7.55. The van der Waals surface area contributed by atoms with Crippen molar-refractivity contribution < 1.29 is 21.6 Å². The summed E-state index contributed by atoms with van der Waals surface area (Å²) in [6.07, 6.45) is 1.03. The number of hydrogen-bond acceptors (Lipinski definition) is 5. The van der Waals surface area contributed by atoms with Gasteiger partial charge >= 0.3 is 0 Å². The van der Waals surface area contributed by atoms with Crippen LogP contribution in [0, 0.1) is 13.8 Å². The molecule has 1 atom stereocenters. The lowest BCUT2D eigenvalue weighted by molar-refractivity contribution is -0.116. The van der Waals surface area contributed by atoms with Crippen molar-refractivity contribution >= 4 is 43.0 Å². The summed E-state index contributed by atoms with van der Waals surface area (Å²) in [6, 6.07) is 18.2. The molecule has 0 fully saturated rings. The van der Waals surface area contributed by atoms with Crippen molar-refractivity contribution in [2.45, 2.75) is 31.7 Å². The second-order valence-electron chi connectivity index (χ2n) is 7.99. The molecular formula is C24H27N3O5S2. The van der Waals surface area contributed by atoms with Gasteiger partial charge in [-0.05, 0) is 80.4 Å². The monoisotopic (exact) mass is 501 g/mol. The van der Waals surface area contributed by atoms with Crippen LogP contribution in [0.2, 0.25) is 0 Å². The lowest BCUT2D eigenvalue weighted by Gasteiger charge is -2.28. The van der Waals surface area contributed by atoms with E-state index in [0.29, 0.717) is 17.1 Å². The molecule has 3 rings (SSSR count). The van der Waals surface area contributed by atoms with Gasteiger partial charge in [-0.1, -0.05) is 24.3 Å². The molecule has 180 valence electrons. The Morgan fingerprint density at radius 3 is 1.97 bits per heavy atom. The van der Waals surface area contributed by atoms with E-state index in [4.69, 9.17) is 0 Å². The van der Waals surface area contributed by atoms with Crippen LogP contribution in [0.5, 0.6) is 0 Å². The van der Waals surface area contributed by atoms with Crippen LogP contribution in [0.25, 0.3) is 0 Å². The first-order valence-corrected chi connectivity index (χ1v) is 13.8. The average molecular weight is 502 g/mol. The van der Waals surface area contributed by atoms with E-state index in [1.54, 1.807) is 42.5 Å². The Kier molecular flexibility index (Phi) is 7.32. The molecule has 0 aliphatic heterocycles. The van der Waals surface area contributed by atoms with E-state index in [0.717, 1.165) is 21.7 Å². The fourth-order valence-corrected chi connectivity index (χ4v) is 5.59. The number of hydrogen-bond donors (Lipinski definition) is 2. The number of nitrogens with zero attached hydrogens (tertiary/aromatic N) is 1. The number of anilines is 3. The molecule has 0 saturated carbocycles. The summed E-state index contributed by atoms with van der Waals surface area (Å²) >= 11 is 0. The molecule has 0 radical (unpaired) electrons. The van der Waals surface area contributed by atoms with Crippen molar-refractivity contribution in [2.75, 3.05) is 20.6 Å². The van der Waals surface area contributed by atoms with Gasteiger partial charge in [0.05, 0.1) is 16.8 Å². The van der Waals surface area contributed by atoms with Crippen molar-refractivity contribution in [1.82, 2.24) is 0 Å². The van der Waals surface area contributed by atoms with Crippen LogP contribution in [0.4, 0.5) is 17.1 Å². The number of nitrogens with one attached hydrogen (secondary N) is 2. The molecule has 0 saturated heterocycles. The highest BCUT2D eigenvalue weighted by Gasteiger charge is 2.29. The predicted molar refractivity (Wildman–Crippen MR) is 135 cm³/mol. The zero-order valence-corrected chi connectivity index (χ0v) is 20.9. The summed E-state index contributed by atoms with van der Waals surface area (Å²) in [6.45, 7) is 5.32. The highest BCUT2D eigenvalue weighted by atomic mass is 32.2. The van der Waals surface area contributed by atoms with Crippen molar-refractivity contribution in [2.24, 2.45) is 0 Å². The third-order valence-electron chi connectivity index (χ3n) is 5.29. The van der Waals surface area contributed by atoms with E-state index in [9.17, 15) is 21.6 Å². The Morgan fingerprint density at radius 2 is 1.41 bits per heavy atom. The Labute approximate surface area is 200 Å². The minimum atomic E-state index is -3.82. The van der Waals surface area contributed by atoms with Crippen LogP contribution in [0.15, 0.2) is 77.7 Å². The third-order valence-corrected chi connectivity index (χ3v) is 7.93. The van der Waals surface area contributed by atoms with Gasteiger partial charge in [-0.2, -0.15) is 0 Å². The summed E-state index contributed by atoms with van der Waals surface area (Å²) < 4.78 is 53.7. The second-order valence-corrected chi connectivity index (χ2v) is 11.5. The van der Waals surface area contributed by atoms with E-state index in [-0.39, 0.29) is 4.90 Å². The molecule has 0 aliphatic carbocycles. The minimum absolute atomic E-state index is 0.0267. The molecule has 0 bridgehead atoms. The number of aryl methyl sites for hydroxylation is 2. The van der Waals surface area contributed by atoms with Gasteiger partial charge in [-0.15, -0.1) is 0 Å². The first-order valence-electron chi connectivity index (χ1n) is 10.4. The average Bonchev–Trinajstić information content (AvgIpc) is 2.76. The first kappa shape index (κ1) is 25.3. The summed E-state index contributed by atoms with van der Waals surface area (Å²) in [5.41, 5.74) is 3.18. The van der Waals surface area contributed by atoms with Gasteiger partial charge in [0.15, 0.2) is 0 Å². The summed E-state index contributed by atoms with van der Waals surface area (Å²) in [4.78, 5) is 12.8. The Hall–Kier alpha value is -3.37. The Morgan fingerprint density at radius 1 is 0.824 bits per heavy atom. The molecule has 34 heavy (non-hydrogen) atoms. The maximum atomic E-state index is 12.8. The molecule has 2 N–H and O–H groups in total. The second kappa shape index (κ2) is 9.86. The summed E-state index contributed by atoms with van der Waals surface area (Å²) in [5.74, 6) is -0.557. The van der Waals surface area contributed by atoms with Crippen LogP contribution in [0.1, 0.15) is 18.1 Å². The maximum absolute atomic E-state index is 12.8. The lowest BCUT2D eigenvalue weighted by atomic mass is 10.1. The van der Waals surface area contributed by atoms with Gasteiger partial charge in [-0.3, -0.25) is 13.8 Å². The van der Waals surface area contributed by atoms with Crippen molar-refractivity contribution in [3.05, 3.63) is 83.9 Å². The first-order chi connectivity index (χ1) is 15.9. The summed E-state index contributed by atoms with van der Waals surface area (Å²) in [5, 5.41) is 2.65. The van der Waals surface area contributed by atoms with Gasteiger partial charge in [0.1, 0.15) is 6.04 Å². The van der Waals surface area contributed by atoms with E-state index >= 15 is 0 Å². The van der Waals surface area contributed by atoms with Gasteiger partial charge in [0, 0.05) is 11.4 Å². The largest absolute Gasteiger partial charge is 0.324 e. The van der Waals surface area contributed by atoms with Crippen LogP contribution in [-0.2, 0) is 24.8 Å². The molecule has 3 aromatic carbocycles. The van der Waals surface area contributed by atoms with Crippen LogP contribution < -0.4 is 14.3 Å². The number of amides is 1. The Balaban J connectivity index is 1.75. The molecule has 0 spiro atoms. The third kappa shape index (κ3) is 5.95. The Bertz CT molecular complexity index is 1390. The van der Waals surface area contributed by atoms with E-state index < -0.39 is 32.0 Å². The molecule has 0 aliphatic rings. The highest BCUT2D eigenvalue weighted by Crippen LogP contribution is 2.23. The van der Waals surface area contributed by atoms with E-state index in [1.165, 1.54) is 31.2 Å². The van der Waals surface area contributed by atoms with E-state index in [1.807, 2.05) is 19.9 Å². The lowest BCUT2D eigenvalue weighted by Crippen LogP contribution is -2.45. The van der Waals surface area contributed by atoms with Crippen molar-refractivity contribution in [3.63, 3.8) is 0 Å². The van der Waals surface area contributed by atoms with Crippen molar-refractivity contribution in [1.29, 1.82) is 0 Å². The van der Waals surface area contributed by atoms with Gasteiger partial charge < -0.3 is 5.32 Å². The zero-order chi connectivity index (χ0) is 25.1. The molecule has 3 aromatic rings. The number of sulfonamides is 2. The van der Waals surface area contributed by atoms with Gasteiger partial charge in [0.2, 0.25) is 15.9 Å². The number of carbonyl (C=O) groups excluding carboxylic acids is 1. The van der Waals surface area contributed by atoms with Crippen LogP contribution >= 0.6 is 0 Å². The standard InChI is InChI=1S/C24H27N3O5S2/c1-17-10-11-21(16-18(17)2)26-34(31,32)23-14-12-20(13-15-23)25-24(28)19(3)27(33(4,29)30)22-8-6-5-7-9-22/h5-16,19,26H,1-4H3,(H,25,28)/t19-/m0/s1. The maximum Gasteiger partial charge on any atom is 0.261 e. The number of rotatable bonds is 8. The fraction of sp³-hybridized carbons (Fsp3) is 0.208. The molecule has 0 aromatic heterocycles. The number of benzene rings is 3. The molecule has 0 heterocycles. The molecule has 0 unspecified atom stereocenters. The van der Waals surface area contributed by atoms with Gasteiger partial charge in [0.25, 0.3) is 10.0 Å². The normalized spacial score (nSPS) is 12.6. The fourth-order valence-electron chi connectivity index (χ4n) is 3.37. The van der Waals surface area contributed by atoms with Crippen LogP contribution in [0.3, 0.4) is 0 Å². The number of carbonyl (C=O) groups is 1. The quantitative estimate of drug-likeness (QED) is 0.486. The highest BCUT2D eigenvalue weighted by molar-refractivity contribution is 7.92. The number of para-hydroxylation sites is 1. The SMILES string of the molecule is Cc1ccc(NS(=O)(=O)c2ccc(NC(=O)[C@H](C)N(c3ccccc3)S(C)(=O)=O)cc2)cc1C. The molecule has 10 heteroatoms. The van der Waals surface area contributed by atoms with Crippen LogP contribution in [-0.4, -0.2) is 35.0 Å². The van der Waals surface area contributed by atoms with Gasteiger partial charge in [-0.25, -0.2) is 16.8 Å². The minimum Gasteiger partial charge on any atom is -0.324 e. The molecule has 8 nitrogen and oxygen atoms in total. The predicted octanol–water partition coefficient (Wildman–Crippen LogP) is 3.90.